The van der Waals surface area contributed by atoms with Gasteiger partial charge in [0.1, 0.15) is 5.82 Å². The van der Waals surface area contributed by atoms with Gasteiger partial charge in [-0.1, -0.05) is 12.8 Å². The van der Waals surface area contributed by atoms with Crippen LogP contribution in [0, 0.1) is 6.92 Å². The first kappa shape index (κ1) is 11.9. The summed E-state index contributed by atoms with van der Waals surface area (Å²) in [5.74, 6) is 0.899. The van der Waals surface area contributed by atoms with Crippen molar-refractivity contribution in [1.29, 1.82) is 0 Å². The smallest absolute Gasteiger partial charge is 0.147 e. The van der Waals surface area contributed by atoms with Crippen LogP contribution in [0.5, 0.6) is 0 Å². The first-order valence-corrected chi connectivity index (χ1v) is 5.56. The number of rotatable bonds is 7. The van der Waals surface area contributed by atoms with Crippen molar-refractivity contribution in [2.75, 3.05) is 18.4 Å². The van der Waals surface area contributed by atoms with Gasteiger partial charge in [0.05, 0.1) is 5.69 Å². The molecule has 15 heavy (non-hydrogen) atoms. The number of nitrogens with one attached hydrogen (secondary N) is 1. The van der Waals surface area contributed by atoms with Gasteiger partial charge in [-0.25, -0.2) is 4.98 Å². The van der Waals surface area contributed by atoms with Gasteiger partial charge in [-0.05, 0) is 26.3 Å². The fourth-order valence-electron chi connectivity index (χ4n) is 1.41. The molecule has 0 aliphatic carbocycles. The molecule has 0 saturated heterocycles. The molecule has 4 heteroatoms. The molecule has 1 aromatic rings. The fraction of sp³-hybridized carbons (Fsp3) is 0.636. The van der Waals surface area contributed by atoms with Crippen LogP contribution in [-0.4, -0.2) is 23.1 Å². The Labute approximate surface area is 91.3 Å². The highest BCUT2D eigenvalue weighted by atomic mass is 15.0. The Bertz CT molecular complexity index is 275. The van der Waals surface area contributed by atoms with Gasteiger partial charge in [-0.15, -0.1) is 0 Å². The SMILES string of the molecule is Cc1nccnc1NCCCCCCN. The van der Waals surface area contributed by atoms with Crippen LogP contribution in [0.1, 0.15) is 31.4 Å². The van der Waals surface area contributed by atoms with Crippen molar-refractivity contribution >= 4 is 5.82 Å². The maximum atomic E-state index is 5.42. The lowest BCUT2D eigenvalue weighted by Crippen LogP contribution is -2.06. The second kappa shape index (κ2) is 7.17. The van der Waals surface area contributed by atoms with Crippen LogP contribution in [0.2, 0.25) is 0 Å². The molecule has 0 unspecified atom stereocenters. The Morgan fingerprint density at radius 3 is 2.60 bits per heavy atom. The van der Waals surface area contributed by atoms with E-state index < -0.39 is 0 Å². The first-order chi connectivity index (χ1) is 7.34. The minimum Gasteiger partial charge on any atom is -0.369 e. The monoisotopic (exact) mass is 208 g/mol. The third-order valence-electron chi connectivity index (χ3n) is 2.30. The first-order valence-electron chi connectivity index (χ1n) is 5.56. The van der Waals surface area contributed by atoms with Gasteiger partial charge in [0.15, 0.2) is 0 Å². The molecule has 0 aliphatic heterocycles. The second-order valence-electron chi connectivity index (χ2n) is 3.62. The predicted octanol–water partition coefficient (Wildman–Crippen LogP) is 1.72. The summed E-state index contributed by atoms with van der Waals surface area (Å²) >= 11 is 0. The van der Waals surface area contributed by atoms with E-state index in [1.54, 1.807) is 12.4 Å². The molecule has 84 valence electrons. The Kier molecular flexibility index (Phi) is 5.70. The van der Waals surface area contributed by atoms with E-state index in [1.165, 1.54) is 12.8 Å². The standard InChI is InChI=1S/C11H20N4/c1-10-11(15-9-8-13-10)14-7-5-3-2-4-6-12/h8-9H,2-7,12H2,1H3,(H,14,15). The van der Waals surface area contributed by atoms with E-state index in [4.69, 9.17) is 5.73 Å². The molecule has 1 heterocycles. The molecule has 0 amide bonds. The number of anilines is 1. The molecule has 0 bridgehead atoms. The third-order valence-corrected chi connectivity index (χ3v) is 2.30. The summed E-state index contributed by atoms with van der Waals surface area (Å²) in [4.78, 5) is 8.38. The molecule has 3 N–H and O–H groups in total. The van der Waals surface area contributed by atoms with E-state index in [2.05, 4.69) is 15.3 Å². The van der Waals surface area contributed by atoms with Crippen LogP contribution in [0.15, 0.2) is 12.4 Å². The molecular formula is C11H20N4. The summed E-state index contributed by atoms with van der Waals surface area (Å²) in [7, 11) is 0. The quantitative estimate of drug-likeness (QED) is 0.670. The largest absolute Gasteiger partial charge is 0.369 e. The number of aromatic nitrogens is 2. The molecule has 0 aliphatic rings. The van der Waals surface area contributed by atoms with Gasteiger partial charge in [-0.3, -0.25) is 4.98 Å². The Morgan fingerprint density at radius 2 is 1.87 bits per heavy atom. The van der Waals surface area contributed by atoms with Crippen molar-refractivity contribution in [1.82, 2.24) is 9.97 Å². The summed E-state index contributed by atoms with van der Waals surface area (Å²) in [6, 6.07) is 0. The molecule has 0 fully saturated rings. The molecule has 0 spiro atoms. The van der Waals surface area contributed by atoms with Crippen molar-refractivity contribution in [2.24, 2.45) is 5.73 Å². The molecular weight excluding hydrogens is 188 g/mol. The summed E-state index contributed by atoms with van der Waals surface area (Å²) in [6.07, 6.45) is 8.16. The molecule has 1 rings (SSSR count). The third kappa shape index (κ3) is 4.74. The van der Waals surface area contributed by atoms with E-state index in [0.29, 0.717) is 0 Å². The number of hydrogen-bond acceptors (Lipinski definition) is 4. The maximum Gasteiger partial charge on any atom is 0.147 e. The summed E-state index contributed by atoms with van der Waals surface area (Å²) in [6.45, 7) is 3.73. The Balaban J connectivity index is 2.12. The van der Waals surface area contributed by atoms with Gasteiger partial charge >= 0.3 is 0 Å². The molecule has 0 saturated carbocycles. The predicted molar refractivity (Wildman–Crippen MR) is 62.8 cm³/mol. The second-order valence-corrected chi connectivity index (χ2v) is 3.62. The molecule has 0 atom stereocenters. The van der Waals surface area contributed by atoms with Crippen molar-refractivity contribution < 1.29 is 0 Å². The average Bonchev–Trinajstić information content (AvgIpc) is 2.25. The summed E-state index contributed by atoms with van der Waals surface area (Å²) in [5.41, 5.74) is 6.38. The van der Waals surface area contributed by atoms with Crippen LogP contribution >= 0.6 is 0 Å². The zero-order valence-electron chi connectivity index (χ0n) is 9.37. The fourth-order valence-corrected chi connectivity index (χ4v) is 1.41. The number of unbranched alkanes of at least 4 members (excludes halogenated alkanes) is 3. The molecule has 4 nitrogen and oxygen atoms in total. The van der Waals surface area contributed by atoms with Crippen LogP contribution in [0.3, 0.4) is 0 Å². The van der Waals surface area contributed by atoms with Crippen molar-refractivity contribution in [3.8, 4) is 0 Å². The van der Waals surface area contributed by atoms with E-state index in [9.17, 15) is 0 Å². The molecule has 0 aromatic carbocycles. The lowest BCUT2D eigenvalue weighted by atomic mass is 10.2. The minimum absolute atomic E-state index is 0.802. The van der Waals surface area contributed by atoms with Gasteiger partial charge in [0, 0.05) is 18.9 Å². The Hall–Kier alpha value is -1.16. The van der Waals surface area contributed by atoms with Crippen LogP contribution in [0.4, 0.5) is 5.82 Å². The highest BCUT2D eigenvalue weighted by Gasteiger charge is 1.97. The highest BCUT2D eigenvalue weighted by Crippen LogP contribution is 2.06. The van der Waals surface area contributed by atoms with E-state index >= 15 is 0 Å². The van der Waals surface area contributed by atoms with Crippen LogP contribution in [0.25, 0.3) is 0 Å². The lowest BCUT2D eigenvalue weighted by molar-refractivity contribution is 0.660. The number of nitrogens with two attached hydrogens (primary N) is 1. The van der Waals surface area contributed by atoms with Crippen LogP contribution < -0.4 is 11.1 Å². The average molecular weight is 208 g/mol. The number of nitrogens with zero attached hydrogens (tertiary/aromatic N) is 2. The summed E-state index contributed by atoms with van der Waals surface area (Å²) < 4.78 is 0. The van der Waals surface area contributed by atoms with E-state index in [1.807, 2.05) is 6.92 Å². The number of aryl methyl sites for hydroxylation is 1. The lowest BCUT2D eigenvalue weighted by Gasteiger charge is -2.06. The molecule has 1 aromatic heterocycles. The van der Waals surface area contributed by atoms with Crippen molar-refractivity contribution in [2.45, 2.75) is 32.6 Å². The van der Waals surface area contributed by atoms with Crippen molar-refractivity contribution in [3.63, 3.8) is 0 Å². The summed E-state index contributed by atoms with van der Waals surface area (Å²) in [5, 5.41) is 3.28. The van der Waals surface area contributed by atoms with E-state index in [-0.39, 0.29) is 0 Å². The number of hydrogen-bond donors (Lipinski definition) is 2. The van der Waals surface area contributed by atoms with Gasteiger partial charge in [0.25, 0.3) is 0 Å². The normalized spacial score (nSPS) is 10.3. The van der Waals surface area contributed by atoms with E-state index in [0.717, 1.165) is 37.4 Å². The minimum atomic E-state index is 0.802. The van der Waals surface area contributed by atoms with Crippen molar-refractivity contribution in [3.05, 3.63) is 18.1 Å². The van der Waals surface area contributed by atoms with Gasteiger partial charge in [-0.2, -0.15) is 0 Å². The maximum absolute atomic E-state index is 5.42. The molecule has 0 radical (unpaired) electrons. The zero-order chi connectivity index (χ0) is 10.9. The van der Waals surface area contributed by atoms with Crippen LogP contribution in [-0.2, 0) is 0 Å². The topological polar surface area (TPSA) is 63.8 Å². The highest BCUT2D eigenvalue weighted by molar-refractivity contribution is 5.37. The Morgan fingerprint density at radius 1 is 1.13 bits per heavy atom. The van der Waals surface area contributed by atoms with Gasteiger partial charge in [0.2, 0.25) is 0 Å². The van der Waals surface area contributed by atoms with Gasteiger partial charge < -0.3 is 11.1 Å². The zero-order valence-corrected chi connectivity index (χ0v) is 9.37.